The monoisotopic (exact) mass is 252 g/mol. The minimum absolute atomic E-state index is 0.565. The maximum Gasteiger partial charge on any atom is 0.108 e. The van der Waals surface area contributed by atoms with Crippen LogP contribution in [0.4, 0.5) is 4.39 Å². The lowest BCUT2D eigenvalue weighted by Gasteiger charge is -2.30. The van der Waals surface area contributed by atoms with Gasteiger partial charge in [-0.3, -0.25) is 0 Å². The molecular weight excluding hydrogens is 231 g/mol. The van der Waals surface area contributed by atoms with Crippen molar-refractivity contribution in [2.75, 3.05) is 0 Å². The van der Waals surface area contributed by atoms with Gasteiger partial charge in [-0.1, -0.05) is 6.58 Å². The van der Waals surface area contributed by atoms with Gasteiger partial charge in [-0.15, -0.1) is 11.3 Å². The first kappa shape index (κ1) is 12.8. The molecule has 0 saturated heterocycles. The average molecular weight is 252 g/mol. The van der Waals surface area contributed by atoms with Crippen LogP contribution in [0.2, 0.25) is 0 Å². The topological polar surface area (TPSA) is 0 Å². The van der Waals surface area contributed by atoms with Gasteiger partial charge in [-0.2, -0.15) is 0 Å². The highest BCUT2D eigenvalue weighted by atomic mass is 32.1. The Labute approximate surface area is 108 Å². The van der Waals surface area contributed by atoms with E-state index in [0.29, 0.717) is 18.8 Å². The van der Waals surface area contributed by atoms with E-state index in [2.05, 4.69) is 26.5 Å². The quantitative estimate of drug-likeness (QED) is 0.654. The van der Waals surface area contributed by atoms with Crippen LogP contribution in [0.25, 0.3) is 5.57 Å². The molecule has 0 aromatic carbocycles. The fourth-order valence-corrected chi connectivity index (χ4v) is 3.91. The van der Waals surface area contributed by atoms with Crippen molar-refractivity contribution < 1.29 is 4.39 Å². The van der Waals surface area contributed by atoms with Crippen LogP contribution in [0.1, 0.15) is 60.8 Å². The van der Waals surface area contributed by atoms with Crippen LogP contribution in [0.3, 0.4) is 0 Å². The van der Waals surface area contributed by atoms with E-state index in [1.807, 2.05) is 11.3 Å². The second kappa shape index (κ2) is 4.56. The van der Waals surface area contributed by atoms with Gasteiger partial charge in [0.15, 0.2) is 0 Å². The van der Waals surface area contributed by atoms with E-state index in [4.69, 9.17) is 0 Å². The first-order valence-electron chi connectivity index (χ1n) is 6.34. The molecule has 0 nitrogen and oxygen atoms in total. The maximum absolute atomic E-state index is 13.8. The van der Waals surface area contributed by atoms with E-state index >= 15 is 0 Å². The molecule has 1 aromatic rings. The molecule has 0 unspecified atom stereocenters. The fraction of sp³-hybridized carbons (Fsp3) is 0.600. The molecule has 17 heavy (non-hydrogen) atoms. The number of halogens is 1. The highest BCUT2D eigenvalue weighted by Gasteiger charge is 2.32. The number of hydrogen-bond acceptors (Lipinski definition) is 1. The molecule has 2 rings (SSSR count). The molecule has 0 aliphatic heterocycles. The standard InChI is InChI=1S/C15H21FS/c1-10(2)13-9-14(17-11(13)3)12-5-7-15(4,16)8-6-12/h9,12H,1,5-8H2,2-4H3. The molecule has 1 aliphatic rings. The highest BCUT2D eigenvalue weighted by molar-refractivity contribution is 7.12. The van der Waals surface area contributed by atoms with Crippen molar-refractivity contribution in [1.29, 1.82) is 0 Å². The Morgan fingerprint density at radius 3 is 2.53 bits per heavy atom. The average Bonchev–Trinajstić information content (AvgIpc) is 2.60. The van der Waals surface area contributed by atoms with E-state index in [9.17, 15) is 4.39 Å². The zero-order chi connectivity index (χ0) is 12.6. The van der Waals surface area contributed by atoms with Gasteiger partial charge in [0.2, 0.25) is 0 Å². The van der Waals surface area contributed by atoms with Crippen LogP contribution < -0.4 is 0 Å². The Morgan fingerprint density at radius 1 is 1.47 bits per heavy atom. The first-order chi connectivity index (χ1) is 7.89. The summed E-state index contributed by atoms with van der Waals surface area (Å²) in [5, 5.41) is 0. The third-order valence-electron chi connectivity index (χ3n) is 3.83. The fourth-order valence-electron chi connectivity index (χ4n) is 2.63. The molecule has 1 saturated carbocycles. The van der Waals surface area contributed by atoms with Gasteiger partial charge in [-0.05, 0) is 69.6 Å². The van der Waals surface area contributed by atoms with Crippen molar-refractivity contribution in [2.24, 2.45) is 0 Å². The number of thiophene rings is 1. The molecule has 1 aliphatic carbocycles. The summed E-state index contributed by atoms with van der Waals surface area (Å²) in [6.45, 7) is 9.96. The van der Waals surface area contributed by atoms with Gasteiger partial charge >= 0.3 is 0 Å². The van der Waals surface area contributed by atoms with E-state index in [0.717, 1.165) is 18.4 Å². The van der Waals surface area contributed by atoms with E-state index in [-0.39, 0.29) is 0 Å². The molecule has 2 heteroatoms. The summed E-state index contributed by atoms with van der Waals surface area (Å²) in [5.74, 6) is 0.565. The van der Waals surface area contributed by atoms with Crippen molar-refractivity contribution >= 4 is 16.9 Å². The summed E-state index contributed by atoms with van der Waals surface area (Å²) < 4.78 is 13.8. The SMILES string of the molecule is C=C(C)c1cc(C2CCC(C)(F)CC2)sc1C. The number of allylic oxidation sites excluding steroid dienone is 1. The second-order valence-corrected chi connectivity index (χ2v) is 6.87. The minimum Gasteiger partial charge on any atom is -0.244 e. The van der Waals surface area contributed by atoms with E-state index in [1.54, 1.807) is 6.92 Å². The smallest absolute Gasteiger partial charge is 0.108 e. The summed E-state index contributed by atoms with van der Waals surface area (Å²) in [4.78, 5) is 2.78. The van der Waals surface area contributed by atoms with Crippen molar-refractivity contribution in [3.05, 3.63) is 28.0 Å². The molecule has 94 valence electrons. The van der Waals surface area contributed by atoms with Gasteiger partial charge in [0.05, 0.1) is 0 Å². The summed E-state index contributed by atoms with van der Waals surface area (Å²) >= 11 is 1.87. The molecule has 0 N–H and O–H groups in total. The van der Waals surface area contributed by atoms with Gasteiger partial charge in [-0.25, -0.2) is 4.39 Å². The normalized spacial score (nSPS) is 29.3. The predicted molar refractivity (Wildman–Crippen MR) is 74.5 cm³/mol. The Morgan fingerprint density at radius 2 is 2.06 bits per heavy atom. The third-order valence-corrected chi connectivity index (χ3v) is 5.04. The van der Waals surface area contributed by atoms with Gasteiger partial charge in [0.1, 0.15) is 5.67 Å². The molecule has 0 radical (unpaired) electrons. The largest absolute Gasteiger partial charge is 0.244 e. The number of alkyl halides is 1. The molecular formula is C15H21FS. The van der Waals surface area contributed by atoms with Gasteiger partial charge in [0, 0.05) is 9.75 Å². The third kappa shape index (κ3) is 2.79. The summed E-state index contributed by atoms with van der Waals surface area (Å²) in [6.07, 6.45) is 3.39. The van der Waals surface area contributed by atoms with E-state index in [1.165, 1.54) is 15.3 Å². The molecule has 0 spiro atoms. The molecule has 1 heterocycles. The van der Waals surface area contributed by atoms with Crippen molar-refractivity contribution in [3.63, 3.8) is 0 Å². The summed E-state index contributed by atoms with van der Waals surface area (Å²) in [5.41, 5.74) is 1.50. The lowest BCUT2D eigenvalue weighted by molar-refractivity contribution is 0.121. The molecule has 0 bridgehead atoms. The molecule has 0 atom stereocenters. The van der Waals surface area contributed by atoms with Crippen molar-refractivity contribution in [1.82, 2.24) is 0 Å². The predicted octanol–water partition coefficient (Wildman–Crippen LogP) is 5.48. The van der Waals surface area contributed by atoms with Crippen LogP contribution in [-0.2, 0) is 0 Å². The lowest BCUT2D eigenvalue weighted by atomic mass is 9.80. The Bertz CT molecular complexity index is 418. The van der Waals surface area contributed by atoms with Crippen LogP contribution in [-0.4, -0.2) is 5.67 Å². The highest BCUT2D eigenvalue weighted by Crippen LogP contribution is 2.43. The first-order valence-corrected chi connectivity index (χ1v) is 7.16. The summed E-state index contributed by atoms with van der Waals surface area (Å²) in [7, 11) is 0. The Hall–Kier alpha value is -0.630. The van der Waals surface area contributed by atoms with Crippen LogP contribution in [0.5, 0.6) is 0 Å². The zero-order valence-electron chi connectivity index (χ0n) is 11.0. The molecule has 1 fully saturated rings. The van der Waals surface area contributed by atoms with Crippen LogP contribution in [0.15, 0.2) is 12.6 Å². The Kier molecular flexibility index (Phi) is 3.44. The number of aryl methyl sites for hydroxylation is 1. The zero-order valence-corrected chi connectivity index (χ0v) is 11.8. The molecule has 1 aromatic heterocycles. The number of hydrogen-bond donors (Lipinski definition) is 0. The van der Waals surface area contributed by atoms with Crippen molar-refractivity contribution in [3.8, 4) is 0 Å². The van der Waals surface area contributed by atoms with E-state index < -0.39 is 5.67 Å². The maximum atomic E-state index is 13.8. The molecule has 0 amide bonds. The Balaban J connectivity index is 2.14. The van der Waals surface area contributed by atoms with Gasteiger partial charge in [0.25, 0.3) is 0 Å². The minimum atomic E-state index is -0.931. The van der Waals surface area contributed by atoms with Gasteiger partial charge < -0.3 is 0 Å². The number of rotatable bonds is 2. The lowest BCUT2D eigenvalue weighted by Crippen LogP contribution is -2.24. The van der Waals surface area contributed by atoms with Crippen molar-refractivity contribution in [2.45, 2.75) is 58.0 Å². The van der Waals surface area contributed by atoms with Crippen LogP contribution >= 0.6 is 11.3 Å². The van der Waals surface area contributed by atoms with Crippen LogP contribution in [0, 0.1) is 6.92 Å². The second-order valence-electron chi connectivity index (χ2n) is 5.59. The summed E-state index contributed by atoms with van der Waals surface area (Å²) in [6, 6.07) is 2.27.